The molecule has 1 amide bonds. The summed E-state index contributed by atoms with van der Waals surface area (Å²) in [4.78, 5) is 33.9. The van der Waals surface area contributed by atoms with Crippen molar-refractivity contribution in [3.05, 3.63) is 53.4 Å². The van der Waals surface area contributed by atoms with Gasteiger partial charge in [0, 0.05) is 36.8 Å². The van der Waals surface area contributed by atoms with Crippen molar-refractivity contribution in [3.63, 3.8) is 0 Å². The van der Waals surface area contributed by atoms with Crippen molar-refractivity contribution in [2.75, 3.05) is 32.5 Å². The Balaban J connectivity index is 1.26. The highest BCUT2D eigenvalue weighted by molar-refractivity contribution is 5.88. The average molecular weight is 517 g/mol. The van der Waals surface area contributed by atoms with Crippen LogP contribution in [0.3, 0.4) is 0 Å². The van der Waals surface area contributed by atoms with Gasteiger partial charge in [-0.05, 0) is 57.6 Å². The van der Waals surface area contributed by atoms with Crippen molar-refractivity contribution >= 4 is 28.7 Å². The van der Waals surface area contributed by atoms with Crippen molar-refractivity contribution in [2.24, 2.45) is 0 Å². The zero-order valence-electron chi connectivity index (χ0n) is 21.6. The molecule has 6 rings (SSSR count). The molecule has 0 radical (unpaired) electrons. The van der Waals surface area contributed by atoms with Gasteiger partial charge in [0.15, 0.2) is 5.82 Å². The molecule has 1 fully saturated rings. The second-order valence-corrected chi connectivity index (χ2v) is 10.2. The van der Waals surface area contributed by atoms with Crippen molar-refractivity contribution in [1.29, 1.82) is 0 Å². The number of halogens is 1. The van der Waals surface area contributed by atoms with Crippen molar-refractivity contribution < 1.29 is 14.3 Å². The van der Waals surface area contributed by atoms with Gasteiger partial charge in [-0.3, -0.25) is 4.79 Å². The normalized spacial score (nSPS) is 15.2. The fourth-order valence-corrected chi connectivity index (χ4v) is 5.04. The molecule has 4 heterocycles. The third-order valence-corrected chi connectivity index (χ3v) is 6.97. The number of benzene rings is 1. The summed E-state index contributed by atoms with van der Waals surface area (Å²) >= 11 is 0. The summed E-state index contributed by atoms with van der Waals surface area (Å²) in [6.07, 6.45) is 3.88. The van der Waals surface area contributed by atoms with E-state index < -0.39 is 5.82 Å². The van der Waals surface area contributed by atoms with E-state index in [1.165, 1.54) is 6.07 Å². The Morgan fingerprint density at radius 2 is 2.03 bits per heavy atom. The number of nitrogens with one attached hydrogen (secondary N) is 1. The van der Waals surface area contributed by atoms with Crippen LogP contribution >= 0.6 is 0 Å². The number of amides is 1. The van der Waals surface area contributed by atoms with Crippen LogP contribution in [-0.2, 0) is 17.8 Å². The third kappa shape index (κ3) is 4.53. The van der Waals surface area contributed by atoms with Crippen molar-refractivity contribution in [3.8, 4) is 17.0 Å². The summed E-state index contributed by atoms with van der Waals surface area (Å²) in [5.41, 5.74) is 3.70. The zero-order chi connectivity index (χ0) is 26.6. The molecule has 1 aliphatic carbocycles. The van der Waals surface area contributed by atoms with E-state index in [1.807, 2.05) is 43.0 Å². The number of carbonyl (C=O) groups is 1. The van der Waals surface area contributed by atoms with Gasteiger partial charge in [-0.1, -0.05) is 6.07 Å². The molecule has 0 bridgehead atoms. The number of phenols is 1. The molecule has 4 aromatic rings. The molecule has 1 saturated carbocycles. The number of rotatable bonds is 6. The monoisotopic (exact) mass is 516 g/mol. The number of nitrogens with zero attached hydrogens (tertiary/aromatic N) is 7. The fourth-order valence-electron chi connectivity index (χ4n) is 5.04. The van der Waals surface area contributed by atoms with E-state index >= 15 is 0 Å². The van der Waals surface area contributed by atoms with Crippen LogP contribution in [0.4, 0.5) is 16.2 Å². The number of hydrogen-bond acceptors (Lipinski definition) is 8. The van der Waals surface area contributed by atoms with Crippen molar-refractivity contribution in [2.45, 2.75) is 38.8 Å². The van der Waals surface area contributed by atoms with E-state index in [0.717, 1.165) is 41.6 Å². The van der Waals surface area contributed by atoms with E-state index in [2.05, 4.69) is 24.8 Å². The number of anilines is 2. The maximum absolute atomic E-state index is 14.9. The average Bonchev–Trinajstić information content (AvgIpc) is 3.66. The van der Waals surface area contributed by atoms with Gasteiger partial charge in [0.25, 0.3) is 0 Å². The molecule has 0 saturated heterocycles. The molecule has 196 valence electrons. The molecule has 2 N–H and O–H groups in total. The molecule has 10 nitrogen and oxygen atoms in total. The van der Waals surface area contributed by atoms with Crippen LogP contribution in [0.2, 0.25) is 0 Å². The number of carbonyl (C=O) groups excluding carboxylic acids is 1. The molecule has 0 unspecified atom stereocenters. The zero-order valence-corrected chi connectivity index (χ0v) is 21.6. The number of hydrogen-bond donors (Lipinski definition) is 2. The highest BCUT2D eigenvalue weighted by Crippen LogP contribution is 2.41. The summed E-state index contributed by atoms with van der Waals surface area (Å²) in [6.45, 7) is 3.42. The smallest absolute Gasteiger partial charge is 0.237 e. The second kappa shape index (κ2) is 9.32. The minimum Gasteiger partial charge on any atom is -0.506 e. The second-order valence-electron chi connectivity index (χ2n) is 10.2. The fraction of sp³-hybridized carbons (Fsp3) is 0.370. The number of likely N-dealkylation sites (N-methyl/N-ethyl adjacent to an activating group) is 1. The van der Waals surface area contributed by atoms with Crippen LogP contribution in [0.15, 0.2) is 30.5 Å². The van der Waals surface area contributed by atoms with Crippen molar-refractivity contribution in [1.82, 2.24) is 34.3 Å². The molecule has 1 aromatic carbocycles. The summed E-state index contributed by atoms with van der Waals surface area (Å²) in [7, 11) is 3.76. The van der Waals surface area contributed by atoms with Crippen LogP contribution < -0.4 is 5.32 Å². The van der Waals surface area contributed by atoms with Gasteiger partial charge < -0.3 is 24.8 Å². The number of aryl methyl sites for hydroxylation is 1. The molecule has 0 atom stereocenters. The lowest BCUT2D eigenvalue weighted by molar-refractivity contribution is -0.132. The molecular weight excluding hydrogens is 487 g/mol. The van der Waals surface area contributed by atoms with Gasteiger partial charge in [0.05, 0.1) is 18.3 Å². The summed E-state index contributed by atoms with van der Waals surface area (Å²) in [5, 5.41) is 13.7. The van der Waals surface area contributed by atoms with Gasteiger partial charge in [-0.15, -0.1) is 0 Å². The third-order valence-electron chi connectivity index (χ3n) is 6.97. The first-order valence-electron chi connectivity index (χ1n) is 12.7. The quantitative estimate of drug-likeness (QED) is 0.400. The predicted molar refractivity (Wildman–Crippen MR) is 141 cm³/mol. The van der Waals surface area contributed by atoms with Crippen LogP contribution in [-0.4, -0.2) is 72.5 Å². The predicted octanol–water partition coefficient (Wildman–Crippen LogP) is 3.57. The Labute approximate surface area is 219 Å². The van der Waals surface area contributed by atoms with E-state index in [4.69, 9.17) is 4.98 Å². The standard InChI is InChI=1S/C27H29FN8O2/c1-15-30-26-21(36(15)18-5-6-18)10-17(11-22(26)37)25-19(28)12-29-27(33-25)32-23-7-4-16-13-35(9-8-20(16)31-23)24(38)14-34(2)3/h4,7,10-12,18,37H,5-6,8-9,13-14H2,1-3H3,(H,29,31,32,33). The molecule has 2 aliphatic rings. The first kappa shape index (κ1) is 24.2. The van der Waals surface area contributed by atoms with Crippen LogP contribution in [0, 0.1) is 12.7 Å². The van der Waals surface area contributed by atoms with E-state index in [-0.39, 0.29) is 23.3 Å². The molecular formula is C27H29FN8O2. The molecule has 3 aromatic heterocycles. The highest BCUT2D eigenvalue weighted by atomic mass is 19.1. The maximum Gasteiger partial charge on any atom is 0.237 e. The highest BCUT2D eigenvalue weighted by Gasteiger charge is 2.28. The van der Waals surface area contributed by atoms with Crippen LogP contribution in [0.1, 0.15) is 36.0 Å². The lowest BCUT2D eigenvalue weighted by Crippen LogP contribution is -2.41. The number of aromatic nitrogens is 5. The van der Waals surface area contributed by atoms with Gasteiger partial charge >= 0.3 is 0 Å². The lowest BCUT2D eigenvalue weighted by atomic mass is 10.1. The first-order chi connectivity index (χ1) is 18.3. The number of aromatic hydroxyl groups is 1. The van der Waals surface area contributed by atoms with E-state index in [9.17, 15) is 14.3 Å². The first-order valence-corrected chi connectivity index (χ1v) is 12.7. The Bertz CT molecular complexity index is 1560. The van der Waals surface area contributed by atoms with Crippen LogP contribution in [0.5, 0.6) is 5.75 Å². The van der Waals surface area contributed by atoms with Gasteiger partial charge in [-0.25, -0.2) is 24.3 Å². The molecule has 11 heteroatoms. The van der Waals surface area contributed by atoms with Crippen LogP contribution in [0.25, 0.3) is 22.3 Å². The molecule has 1 aliphatic heterocycles. The number of pyridine rings is 1. The Morgan fingerprint density at radius 1 is 1.21 bits per heavy atom. The lowest BCUT2D eigenvalue weighted by Gasteiger charge is -2.29. The van der Waals surface area contributed by atoms with E-state index in [1.54, 1.807) is 6.07 Å². The summed E-state index contributed by atoms with van der Waals surface area (Å²) in [6, 6.07) is 7.41. The largest absolute Gasteiger partial charge is 0.506 e. The summed E-state index contributed by atoms with van der Waals surface area (Å²) in [5.74, 6) is 1.04. The topological polar surface area (TPSA) is 112 Å². The minimum absolute atomic E-state index is 0.0121. The van der Waals surface area contributed by atoms with E-state index in [0.29, 0.717) is 49.0 Å². The number of imidazole rings is 1. The van der Waals surface area contributed by atoms with Gasteiger partial charge in [0.2, 0.25) is 11.9 Å². The summed E-state index contributed by atoms with van der Waals surface area (Å²) < 4.78 is 17.0. The minimum atomic E-state index is -0.593. The number of phenolic OH excluding ortho intramolecular Hbond substituents is 1. The Kier molecular flexibility index (Phi) is 5.94. The Hall–Kier alpha value is -4.12. The molecule has 0 spiro atoms. The maximum atomic E-state index is 14.9. The molecule has 38 heavy (non-hydrogen) atoms. The SMILES string of the molecule is Cc1nc2c(O)cc(-c3nc(Nc4ccc5c(n4)CCN(C(=O)CN(C)C)C5)ncc3F)cc2n1C1CC1. The Morgan fingerprint density at radius 3 is 2.79 bits per heavy atom. The van der Waals surface area contributed by atoms with Gasteiger partial charge in [-0.2, -0.15) is 0 Å². The van der Waals surface area contributed by atoms with Gasteiger partial charge in [0.1, 0.15) is 28.6 Å². The number of fused-ring (bicyclic) bond motifs is 2.